The Kier molecular flexibility index (Phi) is 4.99. The van der Waals surface area contributed by atoms with Crippen LogP contribution in [0.1, 0.15) is 39.4 Å². The number of para-hydroxylation sites is 2. The summed E-state index contributed by atoms with van der Waals surface area (Å²) in [4.78, 5) is 18.7. The van der Waals surface area contributed by atoms with E-state index in [1.807, 2.05) is 45.0 Å². The Morgan fingerprint density at radius 1 is 1.36 bits per heavy atom. The van der Waals surface area contributed by atoms with Crippen LogP contribution >= 0.6 is 0 Å². The normalized spacial score (nSPS) is 18.6. The van der Waals surface area contributed by atoms with E-state index in [0.717, 1.165) is 37.0 Å². The summed E-state index contributed by atoms with van der Waals surface area (Å²) in [6.45, 7) is 7.73. The third-order valence-corrected chi connectivity index (χ3v) is 4.49. The summed E-state index contributed by atoms with van der Waals surface area (Å²) in [5.41, 5.74) is 1.45. The first-order valence-corrected chi connectivity index (χ1v) is 8.90. The van der Waals surface area contributed by atoms with E-state index in [2.05, 4.69) is 9.55 Å². The van der Waals surface area contributed by atoms with Crippen molar-refractivity contribution in [1.29, 1.82) is 0 Å². The van der Waals surface area contributed by atoms with Crippen molar-refractivity contribution >= 4 is 17.1 Å². The van der Waals surface area contributed by atoms with Crippen LogP contribution in [0.5, 0.6) is 0 Å². The number of carbonyl (C=O) groups excluding carboxylic acids is 1. The van der Waals surface area contributed by atoms with Crippen LogP contribution in [0.4, 0.5) is 4.79 Å². The van der Waals surface area contributed by atoms with Crippen molar-refractivity contribution in [2.45, 2.75) is 52.4 Å². The predicted molar refractivity (Wildman–Crippen MR) is 96.2 cm³/mol. The number of rotatable bonds is 3. The smallest absolute Gasteiger partial charge is 0.410 e. The van der Waals surface area contributed by atoms with Gasteiger partial charge < -0.3 is 19.3 Å². The van der Waals surface area contributed by atoms with Crippen molar-refractivity contribution in [1.82, 2.24) is 14.5 Å². The van der Waals surface area contributed by atoms with E-state index < -0.39 is 5.60 Å². The molecule has 0 radical (unpaired) electrons. The summed E-state index contributed by atoms with van der Waals surface area (Å²) in [5, 5.41) is 9.65. The minimum atomic E-state index is -0.478. The molecule has 0 aliphatic carbocycles. The number of piperidine rings is 1. The second-order valence-electron chi connectivity index (χ2n) is 7.72. The highest BCUT2D eigenvalue weighted by Crippen LogP contribution is 2.24. The molecule has 0 bridgehead atoms. The number of likely N-dealkylation sites (tertiary alicyclic amines) is 1. The molecule has 2 heterocycles. The molecule has 3 rings (SSSR count). The maximum absolute atomic E-state index is 12.3. The van der Waals surface area contributed by atoms with Crippen LogP contribution in [0.15, 0.2) is 24.3 Å². The van der Waals surface area contributed by atoms with Crippen molar-refractivity contribution in [3.63, 3.8) is 0 Å². The molecule has 1 aromatic heterocycles. The van der Waals surface area contributed by atoms with Crippen molar-refractivity contribution in [3.8, 4) is 0 Å². The number of benzene rings is 1. The second kappa shape index (κ2) is 7.04. The Labute approximate surface area is 148 Å². The Balaban J connectivity index is 1.74. The van der Waals surface area contributed by atoms with Gasteiger partial charge in [-0.3, -0.25) is 0 Å². The lowest BCUT2D eigenvalue weighted by Crippen LogP contribution is -2.43. The Morgan fingerprint density at radius 3 is 2.84 bits per heavy atom. The molecule has 1 aliphatic heterocycles. The molecule has 1 saturated heterocycles. The molecule has 1 atom stereocenters. The fourth-order valence-electron chi connectivity index (χ4n) is 3.41. The fourth-order valence-corrected chi connectivity index (χ4v) is 3.41. The molecule has 6 nitrogen and oxygen atoms in total. The minimum Gasteiger partial charge on any atom is -0.444 e. The van der Waals surface area contributed by atoms with Gasteiger partial charge in [0.15, 0.2) is 0 Å². The monoisotopic (exact) mass is 345 g/mol. The first-order chi connectivity index (χ1) is 11.9. The third-order valence-electron chi connectivity index (χ3n) is 4.49. The Morgan fingerprint density at radius 2 is 2.12 bits per heavy atom. The van der Waals surface area contributed by atoms with Gasteiger partial charge in [0.1, 0.15) is 18.0 Å². The zero-order chi connectivity index (χ0) is 18.0. The Hall–Kier alpha value is -2.08. The van der Waals surface area contributed by atoms with Crippen molar-refractivity contribution in [2.75, 3.05) is 13.1 Å². The molecule has 0 saturated carbocycles. The number of amides is 1. The first-order valence-electron chi connectivity index (χ1n) is 8.90. The quantitative estimate of drug-likeness (QED) is 0.928. The molecule has 1 aromatic carbocycles. The van der Waals surface area contributed by atoms with E-state index in [9.17, 15) is 9.90 Å². The average molecular weight is 345 g/mol. The van der Waals surface area contributed by atoms with Gasteiger partial charge in [-0.05, 0) is 51.7 Å². The standard InChI is InChI=1S/C19H27N3O3/c1-19(2,3)25-18(24)21-10-6-7-14(11-21)12-22-16-9-5-4-8-15(16)20-17(22)13-23/h4-5,8-9,14,23H,6-7,10-13H2,1-3H3/t14-/m0/s1. The highest BCUT2D eigenvalue weighted by atomic mass is 16.6. The van der Waals surface area contributed by atoms with Crippen LogP contribution < -0.4 is 0 Å². The maximum atomic E-state index is 12.3. The van der Waals surface area contributed by atoms with Gasteiger partial charge in [-0.15, -0.1) is 0 Å². The molecule has 1 aliphatic rings. The molecule has 0 unspecified atom stereocenters. The fraction of sp³-hybridized carbons (Fsp3) is 0.579. The summed E-state index contributed by atoms with van der Waals surface area (Å²) in [7, 11) is 0. The van der Waals surface area contributed by atoms with Gasteiger partial charge in [-0.25, -0.2) is 9.78 Å². The molecule has 1 fully saturated rings. The number of hydrogen-bond acceptors (Lipinski definition) is 4. The number of imidazole rings is 1. The van der Waals surface area contributed by atoms with Crippen LogP contribution in [-0.2, 0) is 17.9 Å². The molecule has 6 heteroatoms. The van der Waals surface area contributed by atoms with Crippen molar-refractivity contribution in [2.24, 2.45) is 5.92 Å². The minimum absolute atomic E-state index is 0.0861. The molecule has 25 heavy (non-hydrogen) atoms. The molecule has 2 aromatic rings. The zero-order valence-corrected chi connectivity index (χ0v) is 15.2. The van der Waals surface area contributed by atoms with Gasteiger partial charge in [-0.2, -0.15) is 0 Å². The number of hydrogen-bond donors (Lipinski definition) is 1. The molecular weight excluding hydrogens is 318 g/mol. The number of aliphatic hydroxyl groups excluding tert-OH is 1. The number of carbonyl (C=O) groups is 1. The molecule has 0 spiro atoms. The molecule has 136 valence electrons. The van der Waals surface area contributed by atoms with E-state index >= 15 is 0 Å². The first kappa shape index (κ1) is 17.7. The largest absolute Gasteiger partial charge is 0.444 e. The van der Waals surface area contributed by atoms with Gasteiger partial charge in [0.05, 0.1) is 11.0 Å². The van der Waals surface area contributed by atoms with Crippen LogP contribution in [-0.4, -0.2) is 44.3 Å². The van der Waals surface area contributed by atoms with Crippen LogP contribution in [0.3, 0.4) is 0 Å². The van der Waals surface area contributed by atoms with Gasteiger partial charge in [0.25, 0.3) is 0 Å². The highest BCUT2D eigenvalue weighted by Gasteiger charge is 2.28. The van der Waals surface area contributed by atoms with Gasteiger partial charge in [0.2, 0.25) is 0 Å². The summed E-state index contributed by atoms with van der Waals surface area (Å²) in [5.74, 6) is 1.000. The lowest BCUT2D eigenvalue weighted by molar-refractivity contribution is 0.0157. The predicted octanol–water partition coefficient (Wildman–Crippen LogP) is 3.18. The summed E-state index contributed by atoms with van der Waals surface area (Å²) >= 11 is 0. The summed E-state index contributed by atoms with van der Waals surface area (Å²) in [6.07, 6.45) is 1.77. The molecule has 1 amide bonds. The Bertz CT molecular complexity index is 748. The van der Waals surface area contributed by atoms with Crippen molar-refractivity contribution < 1.29 is 14.6 Å². The summed E-state index contributed by atoms with van der Waals surface area (Å²) in [6, 6.07) is 7.91. The molecule has 1 N–H and O–H groups in total. The van der Waals surface area contributed by atoms with Crippen LogP contribution in [0, 0.1) is 5.92 Å². The average Bonchev–Trinajstić information content (AvgIpc) is 2.91. The lowest BCUT2D eigenvalue weighted by Gasteiger charge is -2.34. The van der Waals surface area contributed by atoms with Crippen LogP contribution in [0.25, 0.3) is 11.0 Å². The van der Waals surface area contributed by atoms with Gasteiger partial charge in [-0.1, -0.05) is 12.1 Å². The van der Waals surface area contributed by atoms with Crippen LogP contribution in [0.2, 0.25) is 0 Å². The number of fused-ring (bicyclic) bond motifs is 1. The lowest BCUT2D eigenvalue weighted by atomic mass is 9.98. The number of ether oxygens (including phenoxy) is 1. The van der Waals surface area contributed by atoms with E-state index in [0.29, 0.717) is 18.3 Å². The van der Waals surface area contributed by atoms with E-state index in [-0.39, 0.29) is 12.7 Å². The van der Waals surface area contributed by atoms with E-state index in [1.165, 1.54) is 0 Å². The highest BCUT2D eigenvalue weighted by molar-refractivity contribution is 5.75. The second-order valence-corrected chi connectivity index (χ2v) is 7.72. The molecular formula is C19H27N3O3. The number of aromatic nitrogens is 2. The number of aliphatic hydroxyl groups is 1. The number of nitrogens with zero attached hydrogens (tertiary/aromatic N) is 3. The van der Waals surface area contributed by atoms with Gasteiger partial charge in [0, 0.05) is 19.6 Å². The summed E-state index contributed by atoms with van der Waals surface area (Å²) < 4.78 is 7.59. The SMILES string of the molecule is CC(C)(C)OC(=O)N1CCC[C@H](Cn2c(CO)nc3ccccc32)C1. The van der Waals surface area contributed by atoms with E-state index in [1.54, 1.807) is 4.90 Å². The zero-order valence-electron chi connectivity index (χ0n) is 15.2. The van der Waals surface area contributed by atoms with Crippen molar-refractivity contribution in [3.05, 3.63) is 30.1 Å². The topological polar surface area (TPSA) is 67.6 Å². The third kappa shape index (κ3) is 4.12. The maximum Gasteiger partial charge on any atom is 0.410 e. The van der Waals surface area contributed by atoms with Gasteiger partial charge >= 0.3 is 6.09 Å². The van der Waals surface area contributed by atoms with E-state index in [4.69, 9.17) is 4.74 Å².